The van der Waals surface area contributed by atoms with Crippen LogP contribution in [0.2, 0.25) is 5.02 Å². The normalized spacial score (nSPS) is 17.9. The summed E-state index contributed by atoms with van der Waals surface area (Å²) in [6.45, 7) is 2.52. The summed E-state index contributed by atoms with van der Waals surface area (Å²) in [4.78, 5) is 1.22. The Morgan fingerprint density at radius 2 is 2.15 bits per heavy atom. The maximum absolute atomic E-state index is 5.85. The number of benzene rings is 1. The molecule has 20 heavy (non-hydrogen) atoms. The first-order chi connectivity index (χ1) is 9.74. The molecule has 0 amide bonds. The molecular weight excluding hydrogens is 312 g/mol. The van der Waals surface area contributed by atoms with Gasteiger partial charge in [-0.05, 0) is 49.3 Å². The summed E-state index contributed by atoms with van der Waals surface area (Å²) in [5.74, 6) is 0.962. The van der Waals surface area contributed by atoms with Crippen molar-refractivity contribution in [2.75, 3.05) is 25.4 Å². The topological polar surface area (TPSA) is 33.3 Å². The molecule has 3 nitrogen and oxygen atoms in total. The van der Waals surface area contributed by atoms with E-state index >= 15 is 0 Å². The second-order valence-electron chi connectivity index (χ2n) is 4.57. The summed E-state index contributed by atoms with van der Waals surface area (Å²) in [7, 11) is 0. The third-order valence-electron chi connectivity index (χ3n) is 2.98. The lowest BCUT2D eigenvalue weighted by molar-refractivity contribution is 0.114. The summed E-state index contributed by atoms with van der Waals surface area (Å²) < 4.78 is 5.53. The van der Waals surface area contributed by atoms with Gasteiger partial charge in [0.15, 0.2) is 5.11 Å². The van der Waals surface area contributed by atoms with Crippen LogP contribution in [0.4, 0.5) is 0 Å². The molecule has 0 unspecified atom stereocenters. The Labute approximate surface area is 134 Å². The number of thioether (sulfide) groups is 1. The van der Waals surface area contributed by atoms with Gasteiger partial charge in [-0.15, -0.1) is 11.8 Å². The lowest BCUT2D eigenvalue weighted by Gasteiger charge is -2.13. The maximum Gasteiger partial charge on any atom is 0.166 e. The highest BCUT2D eigenvalue weighted by atomic mass is 35.5. The monoisotopic (exact) mass is 330 g/mol. The molecule has 0 radical (unpaired) electrons. The van der Waals surface area contributed by atoms with Crippen LogP contribution in [0.15, 0.2) is 29.2 Å². The van der Waals surface area contributed by atoms with Crippen LogP contribution in [-0.4, -0.2) is 36.7 Å². The zero-order valence-corrected chi connectivity index (χ0v) is 13.6. The van der Waals surface area contributed by atoms with Crippen LogP contribution >= 0.6 is 35.6 Å². The summed E-state index contributed by atoms with van der Waals surface area (Å²) >= 11 is 12.9. The zero-order chi connectivity index (χ0) is 14.2. The Bertz CT molecular complexity index is 422. The second kappa shape index (κ2) is 8.72. The largest absolute Gasteiger partial charge is 0.376 e. The minimum atomic E-state index is 0.318. The summed E-state index contributed by atoms with van der Waals surface area (Å²) in [5.41, 5.74) is 0. The molecule has 0 aliphatic carbocycles. The van der Waals surface area contributed by atoms with Crippen molar-refractivity contribution in [2.24, 2.45) is 0 Å². The number of halogens is 1. The summed E-state index contributed by atoms with van der Waals surface area (Å²) in [6, 6.07) is 7.87. The fourth-order valence-electron chi connectivity index (χ4n) is 1.94. The molecule has 110 valence electrons. The molecular formula is C14H19ClN2OS2. The molecule has 1 saturated heterocycles. The highest BCUT2D eigenvalue weighted by Gasteiger charge is 2.14. The first-order valence-corrected chi connectivity index (χ1v) is 8.53. The average Bonchev–Trinajstić information content (AvgIpc) is 2.96. The molecule has 0 bridgehead atoms. The predicted octanol–water partition coefficient (Wildman–Crippen LogP) is 3.08. The average molecular weight is 331 g/mol. The van der Waals surface area contributed by atoms with Crippen molar-refractivity contribution in [3.8, 4) is 0 Å². The van der Waals surface area contributed by atoms with E-state index in [1.807, 2.05) is 24.3 Å². The summed E-state index contributed by atoms with van der Waals surface area (Å²) in [5, 5.41) is 7.88. The molecule has 1 atom stereocenters. The number of thiocarbonyl (C=S) groups is 1. The Hall–Kier alpha value is -0.490. The summed E-state index contributed by atoms with van der Waals surface area (Å²) in [6.07, 6.45) is 2.60. The van der Waals surface area contributed by atoms with Gasteiger partial charge >= 0.3 is 0 Å². The van der Waals surface area contributed by atoms with E-state index in [2.05, 4.69) is 10.6 Å². The maximum atomic E-state index is 5.85. The molecule has 6 heteroatoms. The number of ether oxygens (including phenoxy) is 1. The van der Waals surface area contributed by atoms with Gasteiger partial charge in [-0.1, -0.05) is 11.6 Å². The van der Waals surface area contributed by atoms with E-state index in [-0.39, 0.29) is 0 Å². The van der Waals surface area contributed by atoms with E-state index in [1.54, 1.807) is 11.8 Å². The van der Waals surface area contributed by atoms with E-state index in [0.717, 1.165) is 43.3 Å². The second-order valence-corrected chi connectivity index (χ2v) is 6.59. The smallest absolute Gasteiger partial charge is 0.166 e. The van der Waals surface area contributed by atoms with Gasteiger partial charge in [0.05, 0.1) is 6.10 Å². The van der Waals surface area contributed by atoms with Gasteiger partial charge in [0.25, 0.3) is 0 Å². The van der Waals surface area contributed by atoms with Crippen molar-refractivity contribution in [1.82, 2.24) is 10.6 Å². The molecule has 1 fully saturated rings. The minimum absolute atomic E-state index is 0.318. The lowest BCUT2D eigenvalue weighted by Crippen LogP contribution is -2.40. The van der Waals surface area contributed by atoms with Crippen LogP contribution < -0.4 is 10.6 Å². The Balaban J connectivity index is 1.53. The molecule has 1 heterocycles. The van der Waals surface area contributed by atoms with Gasteiger partial charge in [-0.2, -0.15) is 0 Å². The minimum Gasteiger partial charge on any atom is -0.376 e. The Kier molecular flexibility index (Phi) is 6.93. The van der Waals surface area contributed by atoms with Gasteiger partial charge in [0, 0.05) is 35.4 Å². The molecule has 1 aromatic rings. The van der Waals surface area contributed by atoms with Gasteiger partial charge in [-0.25, -0.2) is 0 Å². The predicted molar refractivity (Wildman–Crippen MR) is 89.8 cm³/mol. The molecule has 0 spiro atoms. The van der Waals surface area contributed by atoms with Crippen LogP contribution in [0.5, 0.6) is 0 Å². The molecule has 0 saturated carbocycles. The quantitative estimate of drug-likeness (QED) is 0.476. The van der Waals surface area contributed by atoms with Crippen molar-refractivity contribution in [2.45, 2.75) is 23.8 Å². The van der Waals surface area contributed by atoms with Gasteiger partial charge in [0.2, 0.25) is 0 Å². The zero-order valence-electron chi connectivity index (χ0n) is 11.2. The van der Waals surface area contributed by atoms with Gasteiger partial charge in [0.1, 0.15) is 0 Å². The molecule has 1 aromatic carbocycles. The number of hydrogen-bond donors (Lipinski definition) is 2. The van der Waals surface area contributed by atoms with E-state index in [1.165, 1.54) is 4.90 Å². The van der Waals surface area contributed by atoms with Crippen molar-refractivity contribution < 1.29 is 4.74 Å². The molecule has 1 aliphatic heterocycles. The molecule has 2 N–H and O–H groups in total. The number of rotatable bonds is 6. The standard InChI is InChI=1S/C14H19ClN2OS2/c15-11-3-5-13(6-4-11)20-9-7-16-14(19)17-10-12-2-1-8-18-12/h3-6,12H,1-2,7-10H2,(H2,16,17,19)/t12-/m0/s1. The number of hydrogen-bond acceptors (Lipinski definition) is 3. The Morgan fingerprint density at radius 3 is 2.85 bits per heavy atom. The fraction of sp³-hybridized carbons (Fsp3) is 0.500. The van der Waals surface area contributed by atoms with Crippen LogP contribution in [0, 0.1) is 0 Å². The van der Waals surface area contributed by atoms with Crippen LogP contribution in [0.25, 0.3) is 0 Å². The molecule has 0 aromatic heterocycles. The lowest BCUT2D eigenvalue weighted by atomic mass is 10.2. The van der Waals surface area contributed by atoms with Crippen molar-refractivity contribution >= 4 is 40.7 Å². The van der Waals surface area contributed by atoms with Crippen molar-refractivity contribution in [1.29, 1.82) is 0 Å². The van der Waals surface area contributed by atoms with E-state index in [4.69, 9.17) is 28.6 Å². The van der Waals surface area contributed by atoms with E-state index in [9.17, 15) is 0 Å². The van der Waals surface area contributed by atoms with Crippen molar-refractivity contribution in [3.05, 3.63) is 29.3 Å². The first-order valence-electron chi connectivity index (χ1n) is 6.76. The van der Waals surface area contributed by atoms with Gasteiger partial charge in [-0.3, -0.25) is 0 Å². The van der Waals surface area contributed by atoms with Crippen LogP contribution in [0.1, 0.15) is 12.8 Å². The van der Waals surface area contributed by atoms with Gasteiger partial charge < -0.3 is 15.4 Å². The Morgan fingerprint density at radius 1 is 1.35 bits per heavy atom. The van der Waals surface area contributed by atoms with E-state index in [0.29, 0.717) is 11.2 Å². The first kappa shape index (κ1) is 15.9. The third kappa shape index (κ3) is 5.87. The molecule has 2 rings (SSSR count). The highest BCUT2D eigenvalue weighted by Crippen LogP contribution is 2.19. The van der Waals surface area contributed by atoms with Crippen LogP contribution in [-0.2, 0) is 4.74 Å². The number of nitrogens with one attached hydrogen (secondary N) is 2. The highest BCUT2D eigenvalue weighted by molar-refractivity contribution is 7.99. The van der Waals surface area contributed by atoms with Crippen molar-refractivity contribution in [3.63, 3.8) is 0 Å². The SMILES string of the molecule is S=C(NCCSc1ccc(Cl)cc1)NC[C@@H]1CCCO1. The van der Waals surface area contributed by atoms with E-state index < -0.39 is 0 Å². The van der Waals surface area contributed by atoms with Crippen LogP contribution in [0.3, 0.4) is 0 Å². The third-order valence-corrected chi connectivity index (χ3v) is 4.54. The fourth-order valence-corrected chi connectivity index (χ4v) is 3.02. The molecule has 1 aliphatic rings.